The van der Waals surface area contributed by atoms with Crippen LogP contribution in [0.25, 0.3) is 11.1 Å². The highest BCUT2D eigenvalue weighted by molar-refractivity contribution is 6.01. The Kier molecular flexibility index (Phi) is 8.41. The number of carbonyl (C=O) groups excluding carboxylic acids is 1. The molecule has 160 valence electrons. The summed E-state index contributed by atoms with van der Waals surface area (Å²) in [6.45, 7) is 4.78. The third kappa shape index (κ3) is 6.82. The normalized spacial score (nSPS) is 11.2. The fourth-order valence-corrected chi connectivity index (χ4v) is 3.22. The van der Waals surface area contributed by atoms with Gasteiger partial charge in [-0.25, -0.2) is 5.43 Å². The molecule has 0 bridgehead atoms. The second kappa shape index (κ2) is 11.7. The van der Waals surface area contributed by atoms with Gasteiger partial charge in [-0.05, 0) is 54.3 Å². The number of nitrogens with one attached hydrogen (secondary N) is 1. The Morgan fingerprint density at radius 3 is 2.13 bits per heavy atom. The van der Waals surface area contributed by atoms with Crippen LogP contribution in [0.5, 0.6) is 5.75 Å². The van der Waals surface area contributed by atoms with Gasteiger partial charge in [0.2, 0.25) is 0 Å². The van der Waals surface area contributed by atoms with Crippen molar-refractivity contribution in [2.45, 2.75) is 39.5 Å². The Morgan fingerprint density at radius 1 is 0.806 bits per heavy atom. The van der Waals surface area contributed by atoms with Gasteiger partial charge in [-0.2, -0.15) is 5.10 Å². The average molecular weight is 415 g/mol. The van der Waals surface area contributed by atoms with Crippen LogP contribution in [-0.2, 0) is 0 Å². The van der Waals surface area contributed by atoms with E-state index in [0.717, 1.165) is 29.0 Å². The van der Waals surface area contributed by atoms with Crippen molar-refractivity contribution in [1.82, 2.24) is 5.43 Å². The minimum Gasteiger partial charge on any atom is -0.494 e. The van der Waals surface area contributed by atoms with Gasteiger partial charge in [0.05, 0.1) is 12.3 Å². The fraction of sp³-hybridized carbons (Fsp3) is 0.259. The van der Waals surface area contributed by atoms with Gasteiger partial charge in [0.25, 0.3) is 5.91 Å². The van der Waals surface area contributed by atoms with E-state index in [2.05, 4.69) is 41.7 Å². The van der Waals surface area contributed by atoms with Crippen molar-refractivity contribution >= 4 is 11.6 Å². The fourth-order valence-electron chi connectivity index (χ4n) is 3.22. The molecule has 1 amide bonds. The molecule has 0 unspecified atom stereocenters. The third-order valence-corrected chi connectivity index (χ3v) is 5.12. The Labute approximate surface area is 185 Å². The van der Waals surface area contributed by atoms with Gasteiger partial charge in [-0.15, -0.1) is 0 Å². The number of rotatable bonds is 10. The summed E-state index contributed by atoms with van der Waals surface area (Å²) in [4.78, 5) is 12.4. The lowest BCUT2D eigenvalue weighted by molar-refractivity contribution is 0.0955. The first kappa shape index (κ1) is 22.3. The van der Waals surface area contributed by atoms with Crippen molar-refractivity contribution in [3.05, 3.63) is 90.0 Å². The van der Waals surface area contributed by atoms with E-state index in [4.69, 9.17) is 4.74 Å². The van der Waals surface area contributed by atoms with E-state index in [9.17, 15) is 4.79 Å². The highest BCUT2D eigenvalue weighted by Crippen LogP contribution is 2.19. The summed E-state index contributed by atoms with van der Waals surface area (Å²) in [5.41, 5.74) is 7.22. The predicted molar refractivity (Wildman–Crippen MR) is 128 cm³/mol. The minimum atomic E-state index is -0.241. The maximum absolute atomic E-state index is 12.4. The zero-order valence-corrected chi connectivity index (χ0v) is 18.3. The van der Waals surface area contributed by atoms with Gasteiger partial charge in [0.15, 0.2) is 0 Å². The molecule has 31 heavy (non-hydrogen) atoms. The standard InChI is InChI=1S/C27H30N2O2/c1-3-4-5-9-20-31-26-18-16-25(17-19-26)27(30)29-28-21(2)22-12-14-24(15-13-22)23-10-7-6-8-11-23/h6-8,10-19H,3-5,9,20H2,1-2H3,(H,29,30). The first-order valence-electron chi connectivity index (χ1n) is 10.9. The number of carbonyl (C=O) groups is 1. The lowest BCUT2D eigenvalue weighted by Crippen LogP contribution is -2.19. The van der Waals surface area contributed by atoms with E-state index in [0.29, 0.717) is 12.2 Å². The van der Waals surface area contributed by atoms with E-state index < -0.39 is 0 Å². The van der Waals surface area contributed by atoms with E-state index in [-0.39, 0.29) is 5.91 Å². The molecule has 0 aliphatic heterocycles. The highest BCUT2D eigenvalue weighted by atomic mass is 16.5. The average Bonchev–Trinajstić information content (AvgIpc) is 2.83. The second-order valence-corrected chi connectivity index (χ2v) is 7.52. The molecule has 4 nitrogen and oxygen atoms in total. The van der Waals surface area contributed by atoms with Gasteiger partial charge >= 0.3 is 0 Å². The van der Waals surface area contributed by atoms with Crippen molar-refractivity contribution in [3.8, 4) is 16.9 Å². The van der Waals surface area contributed by atoms with Gasteiger partial charge in [-0.1, -0.05) is 80.8 Å². The highest BCUT2D eigenvalue weighted by Gasteiger charge is 2.06. The molecule has 0 aromatic heterocycles. The SMILES string of the molecule is CCCCCCOc1ccc(C(=O)NN=C(C)c2ccc(-c3ccccc3)cc2)cc1. The van der Waals surface area contributed by atoms with Crippen LogP contribution >= 0.6 is 0 Å². The van der Waals surface area contributed by atoms with Crippen molar-refractivity contribution in [2.24, 2.45) is 5.10 Å². The quantitative estimate of drug-likeness (QED) is 0.235. The molecule has 3 aromatic carbocycles. The minimum absolute atomic E-state index is 0.241. The largest absolute Gasteiger partial charge is 0.494 e. The molecule has 0 atom stereocenters. The van der Waals surface area contributed by atoms with Crippen LogP contribution in [0.1, 0.15) is 55.5 Å². The maximum Gasteiger partial charge on any atom is 0.271 e. The van der Waals surface area contributed by atoms with Crippen molar-refractivity contribution in [3.63, 3.8) is 0 Å². The first-order chi connectivity index (χ1) is 15.2. The molecule has 0 aliphatic rings. The lowest BCUT2D eigenvalue weighted by atomic mass is 10.0. The molecule has 0 spiro atoms. The van der Waals surface area contributed by atoms with Gasteiger partial charge < -0.3 is 4.74 Å². The van der Waals surface area contributed by atoms with Gasteiger partial charge in [0, 0.05) is 5.56 Å². The first-order valence-corrected chi connectivity index (χ1v) is 10.9. The second-order valence-electron chi connectivity index (χ2n) is 7.52. The molecule has 4 heteroatoms. The molecule has 0 fully saturated rings. The van der Waals surface area contributed by atoms with Crippen LogP contribution in [0, 0.1) is 0 Å². The smallest absolute Gasteiger partial charge is 0.271 e. The summed E-state index contributed by atoms with van der Waals surface area (Å²) in [5.74, 6) is 0.543. The number of ether oxygens (including phenoxy) is 1. The number of hydrogen-bond donors (Lipinski definition) is 1. The summed E-state index contributed by atoms with van der Waals surface area (Å²) in [6.07, 6.45) is 4.68. The summed E-state index contributed by atoms with van der Waals surface area (Å²) >= 11 is 0. The number of hydrogen-bond acceptors (Lipinski definition) is 3. The Hall–Kier alpha value is -3.40. The topological polar surface area (TPSA) is 50.7 Å². The number of benzene rings is 3. The predicted octanol–water partition coefficient (Wildman–Crippen LogP) is 6.47. The van der Waals surface area contributed by atoms with Crippen molar-refractivity contribution in [2.75, 3.05) is 6.61 Å². The molecule has 0 radical (unpaired) electrons. The van der Waals surface area contributed by atoms with Crippen LogP contribution < -0.4 is 10.2 Å². The van der Waals surface area contributed by atoms with Crippen LogP contribution in [0.2, 0.25) is 0 Å². The monoisotopic (exact) mass is 414 g/mol. The van der Waals surface area contributed by atoms with E-state index >= 15 is 0 Å². The third-order valence-electron chi connectivity index (χ3n) is 5.12. The zero-order chi connectivity index (χ0) is 21.9. The molecule has 0 aliphatic carbocycles. The van der Waals surface area contributed by atoms with Crippen molar-refractivity contribution in [1.29, 1.82) is 0 Å². The van der Waals surface area contributed by atoms with E-state index in [1.54, 1.807) is 12.1 Å². The molecule has 3 rings (SSSR count). The molecule has 3 aromatic rings. The summed E-state index contributed by atoms with van der Waals surface area (Å²) in [7, 11) is 0. The molecule has 0 heterocycles. The van der Waals surface area contributed by atoms with Crippen LogP contribution in [0.4, 0.5) is 0 Å². The van der Waals surface area contributed by atoms with Crippen molar-refractivity contribution < 1.29 is 9.53 Å². The molecular formula is C27H30N2O2. The molecular weight excluding hydrogens is 384 g/mol. The van der Waals surface area contributed by atoms with E-state index in [1.807, 2.05) is 49.4 Å². The number of nitrogens with zero attached hydrogens (tertiary/aromatic N) is 1. The Morgan fingerprint density at radius 2 is 1.45 bits per heavy atom. The summed E-state index contributed by atoms with van der Waals surface area (Å²) in [6, 6.07) is 25.5. The number of unbranched alkanes of at least 4 members (excludes halogenated alkanes) is 3. The van der Waals surface area contributed by atoms with Crippen LogP contribution in [-0.4, -0.2) is 18.2 Å². The summed E-state index contributed by atoms with van der Waals surface area (Å²) in [5, 5.41) is 4.26. The zero-order valence-electron chi connectivity index (χ0n) is 18.3. The van der Waals surface area contributed by atoms with Crippen LogP contribution in [0.3, 0.4) is 0 Å². The van der Waals surface area contributed by atoms with E-state index in [1.165, 1.54) is 24.8 Å². The molecule has 0 saturated heterocycles. The van der Waals surface area contributed by atoms with Gasteiger partial charge in [0.1, 0.15) is 5.75 Å². The maximum atomic E-state index is 12.4. The summed E-state index contributed by atoms with van der Waals surface area (Å²) < 4.78 is 5.73. The lowest BCUT2D eigenvalue weighted by Gasteiger charge is -2.07. The van der Waals surface area contributed by atoms with Gasteiger partial charge in [-0.3, -0.25) is 4.79 Å². The Balaban J connectivity index is 1.53. The Bertz CT molecular complexity index is 978. The molecule has 0 saturated carbocycles. The van der Waals surface area contributed by atoms with Crippen LogP contribution in [0.15, 0.2) is 84.0 Å². The number of amides is 1. The molecule has 1 N–H and O–H groups in total. The number of hydrazone groups is 1.